The highest BCUT2D eigenvalue weighted by Gasteiger charge is 2.43. The molecule has 0 bridgehead atoms. The molecule has 17 heavy (non-hydrogen) atoms. The van der Waals surface area contributed by atoms with Crippen LogP contribution in [0.4, 0.5) is 0 Å². The van der Waals surface area contributed by atoms with E-state index in [1.165, 1.54) is 5.56 Å². The molecule has 1 aliphatic rings. The standard InChI is InChI=1S/C14H21NO2/c1-11(2)14(16)9-15(10-14)8-12-5-4-6-13(7-12)17-3/h4-7,11,16H,8-10H2,1-3H3. The van der Waals surface area contributed by atoms with Crippen molar-refractivity contribution >= 4 is 0 Å². The zero-order valence-corrected chi connectivity index (χ0v) is 10.8. The lowest BCUT2D eigenvalue weighted by Crippen LogP contribution is -2.63. The number of likely N-dealkylation sites (tertiary alicyclic amines) is 1. The molecule has 1 aromatic rings. The number of hydrogen-bond acceptors (Lipinski definition) is 3. The highest BCUT2D eigenvalue weighted by molar-refractivity contribution is 5.28. The third-order valence-electron chi connectivity index (χ3n) is 3.61. The lowest BCUT2D eigenvalue weighted by Gasteiger charge is -2.49. The van der Waals surface area contributed by atoms with E-state index in [9.17, 15) is 5.11 Å². The minimum Gasteiger partial charge on any atom is -0.497 e. The number of aliphatic hydroxyl groups is 1. The van der Waals surface area contributed by atoms with Gasteiger partial charge in [-0.05, 0) is 23.6 Å². The summed E-state index contributed by atoms with van der Waals surface area (Å²) in [5, 5.41) is 10.2. The summed E-state index contributed by atoms with van der Waals surface area (Å²) in [5.74, 6) is 1.21. The SMILES string of the molecule is COc1cccc(CN2CC(O)(C(C)C)C2)c1. The first kappa shape index (κ1) is 12.4. The molecule has 0 aliphatic carbocycles. The Balaban J connectivity index is 1.91. The average molecular weight is 235 g/mol. The summed E-state index contributed by atoms with van der Waals surface area (Å²) in [4.78, 5) is 2.26. The maximum absolute atomic E-state index is 10.2. The summed E-state index contributed by atoms with van der Waals surface area (Å²) < 4.78 is 5.20. The Morgan fingerprint density at radius 3 is 2.71 bits per heavy atom. The molecule has 1 saturated heterocycles. The second-order valence-corrected chi connectivity index (χ2v) is 5.25. The van der Waals surface area contributed by atoms with Crippen molar-refractivity contribution in [3.8, 4) is 5.75 Å². The molecule has 0 aromatic heterocycles. The smallest absolute Gasteiger partial charge is 0.119 e. The molecule has 1 N–H and O–H groups in total. The second-order valence-electron chi connectivity index (χ2n) is 5.25. The fourth-order valence-corrected chi connectivity index (χ4v) is 2.23. The molecule has 0 unspecified atom stereocenters. The zero-order valence-electron chi connectivity index (χ0n) is 10.8. The van der Waals surface area contributed by atoms with Gasteiger partial charge in [-0.15, -0.1) is 0 Å². The van der Waals surface area contributed by atoms with Crippen molar-refractivity contribution in [3.63, 3.8) is 0 Å². The van der Waals surface area contributed by atoms with Crippen molar-refractivity contribution in [2.45, 2.75) is 26.0 Å². The van der Waals surface area contributed by atoms with E-state index in [0.29, 0.717) is 5.92 Å². The summed E-state index contributed by atoms with van der Waals surface area (Å²) in [6.07, 6.45) is 0. The van der Waals surface area contributed by atoms with E-state index in [4.69, 9.17) is 4.74 Å². The van der Waals surface area contributed by atoms with Crippen LogP contribution in [-0.4, -0.2) is 35.8 Å². The van der Waals surface area contributed by atoms with Gasteiger partial charge in [-0.1, -0.05) is 26.0 Å². The highest BCUT2D eigenvalue weighted by atomic mass is 16.5. The predicted octanol–water partition coefficient (Wildman–Crippen LogP) is 1.90. The van der Waals surface area contributed by atoms with Gasteiger partial charge in [0.15, 0.2) is 0 Å². The minimum absolute atomic E-state index is 0.323. The minimum atomic E-state index is -0.487. The molecular formula is C14H21NO2. The van der Waals surface area contributed by atoms with E-state index >= 15 is 0 Å². The van der Waals surface area contributed by atoms with Crippen LogP contribution in [0.2, 0.25) is 0 Å². The molecule has 3 heteroatoms. The number of rotatable bonds is 4. The third kappa shape index (κ3) is 2.61. The Morgan fingerprint density at radius 2 is 2.12 bits per heavy atom. The fourth-order valence-electron chi connectivity index (χ4n) is 2.23. The number of hydrogen-bond donors (Lipinski definition) is 1. The summed E-state index contributed by atoms with van der Waals surface area (Å²) in [6, 6.07) is 8.09. The Labute approximate surface area is 103 Å². The van der Waals surface area contributed by atoms with E-state index in [2.05, 4.69) is 24.8 Å². The molecule has 0 radical (unpaired) electrons. The van der Waals surface area contributed by atoms with Crippen LogP contribution in [0.25, 0.3) is 0 Å². The van der Waals surface area contributed by atoms with Crippen LogP contribution in [0.3, 0.4) is 0 Å². The number of methoxy groups -OCH3 is 1. The number of β-amino-alcohol motifs (C(OH)–C–C–N with tert-alkyl or cyclic N) is 1. The molecule has 3 nitrogen and oxygen atoms in total. The van der Waals surface area contributed by atoms with Crippen LogP contribution in [0.5, 0.6) is 5.75 Å². The number of ether oxygens (including phenoxy) is 1. The van der Waals surface area contributed by atoms with Crippen molar-refractivity contribution in [2.75, 3.05) is 20.2 Å². The molecular weight excluding hydrogens is 214 g/mol. The molecule has 0 saturated carbocycles. The summed E-state index contributed by atoms with van der Waals surface area (Å²) in [5.41, 5.74) is 0.744. The first-order valence-electron chi connectivity index (χ1n) is 6.11. The van der Waals surface area contributed by atoms with Gasteiger partial charge in [0.1, 0.15) is 5.75 Å². The van der Waals surface area contributed by atoms with Crippen LogP contribution >= 0.6 is 0 Å². The maximum atomic E-state index is 10.2. The van der Waals surface area contributed by atoms with Crippen LogP contribution in [0, 0.1) is 5.92 Å². The fraction of sp³-hybridized carbons (Fsp3) is 0.571. The van der Waals surface area contributed by atoms with Gasteiger partial charge in [0.05, 0.1) is 12.7 Å². The van der Waals surface area contributed by atoms with Crippen LogP contribution in [0.15, 0.2) is 24.3 Å². The van der Waals surface area contributed by atoms with Gasteiger partial charge in [-0.25, -0.2) is 0 Å². The zero-order chi connectivity index (χ0) is 12.5. The van der Waals surface area contributed by atoms with Crippen molar-refractivity contribution in [1.82, 2.24) is 4.90 Å². The predicted molar refractivity (Wildman–Crippen MR) is 68.1 cm³/mol. The quantitative estimate of drug-likeness (QED) is 0.865. The molecule has 2 rings (SSSR count). The normalized spacial score (nSPS) is 19.1. The van der Waals surface area contributed by atoms with Gasteiger partial charge in [0.2, 0.25) is 0 Å². The van der Waals surface area contributed by atoms with E-state index < -0.39 is 5.60 Å². The molecule has 94 valence electrons. The van der Waals surface area contributed by atoms with Crippen LogP contribution in [0.1, 0.15) is 19.4 Å². The molecule has 0 amide bonds. The van der Waals surface area contributed by atoms with Crippen molar-refractivity contribution < 1.29 is 9.84 Å². The van der Waals surface area contributed by atoms with Gasteiger partial charge in [0.25, 0.3) is 0 Å². The monoisotopic (exact) mass is 235 g/mol. The Bertz CT molecular complexity index is 384. The number of nitrogens with zero attached hydrogens (tertiary/aromatic N) is 1. The van der Waals surface area contributed by atoms with E-state index in [-0.39, 0.29) is 0 Å². The Kier molecular flexibility index (Phi) is 3.40. The van der Waals surface area contributed by atoms with Crippen molar-refractivity contribution in [1.29, 1.82) is 0 Å². The largest absolute Gasteiger partial charge is 0.497 e. The lowest BCUT2D eigenvalue weighted by atomic mass is 9.83. The number of benzene rings is 1. The van der Waals surface area contributed by atoms with Gasteiger partial charge >= 0.3 is 0 Å². The van der Waals surface area contributed by atoms with E-state index in [1.54, 1.807) is 7.11 Å². The molecule has 1 aromatic carbocycles. The Morgan fingerprint density at radius 1 is 1.41 bits per heavy atom. The summed E-state index contributed by atoms with van der Waals surface area (Å²) in [7, 11) is 1.68. The molecule has 0 spiro atoms. The van der Waals surface area contributed by atoms with E-state index in [0.717, 1.165) is 25.4 Å². The van der Waals surface area contributed by atoms with Gasteiger partial charge < -0.3 is 9.84 Å². The third-order valence-corrected chi connectivity index (χ3v) is 3.61. The van der Waals surface area contributed by atoms with Gasteiger partial charge in [0, 0.05) is 19.6 Å². The molecule has 1 fully saturated rings. The van der Waals surface area contributed by atoms with Crippen molar-refractivity contribution in [2.24, 2.45) is 5.92 Å². The van der Waals surface area contributed by atoms with Crippen LogP contribution in [-0.2, 0) is 6.54 Å². The topological polar surface area (TPSA) is 32.7 Å². The first-order valence-corrected chi connectivity index (χ1v) is 6.11. The van der Waals surface area contributed by atoms with E-state index in [1.807, 2.05) is 18.2 Å². The highest BCUT2D eigenvalue weighted by Crippen LogP contribution is 2.30. The lowest BCUT2D eigenvalue weighted by molar-refractivity contribution is -0.130. The summed E-state index contributed by atoms with van der Waals surface area (Å²) in [6.45, 7) is 6.56. The van der Waals surface area contributed by atoms with Crippen molar-refractivity contribution in [3.05, 3.63) is 29.8 Å². The van der Waals surface area contributed by atoms with Crippen LogP contribution < -0.4 is 4.74 Å². The van der Waals surface area contributed by atoms with Gasteiger partial charge in [-0.3, -0.25) is 4.90 Å². The summed E-state index contributed by atoms with van der Waals surface area (Å²) >= 11 is 0. The first-order chi connectivity index (χ1) is 8.03. The second kappa shape index (κ2) is 4.67. The average Bonchev–Trinajstić information content (AvgIpc) is 2.27. The molecule has 0 atom stereocenters. The Hall–Kier alpha value is -1.06. The van der Waals surface area contributed by atoms with Gasteiger partial charge in [-0.2, -0.15) is 0 Å². The molecule has 1 heterocycles. The maximum Gasteiger partial charge on any atom is 0.119 e. The molecule has 1 aliphatic heterocycles.